The summed E-state index contributed by atoms with van der Waals surface area (Å²) in [7, 11) is 0. The van der Waals surface area contributed by atoms with Crippen LogP contribution in [0.2, 0.25) is 0 Å². The second-order valence-corrected chi connectivity index (χ2v) is 7.95. The normalized spacial score (nSPS) is 31.7. The summed E-state index contributed by atoms with van der Waals surface area (Å²) in [5, 5.41) is 0. The molecule has 20 heavy (non-hydrogen) atoms. The summed E-state index contributed by atoms with van der Waals surface area (Å²) in [4.78, 5) is 0. The first-order valence-electron chi connectivity index (χ1n) is 8.16. The van der Waals surface area contributed by atoms with Crippen molar-refractivity contribution in [3.8, 4) is 0 Å². The third kappa shape index (κ3) is 1.96. The molecule has 3 aliphatic carbocycles. The van der Waals surface area contributed by atoms with Crippen LogP contribution in [0.15, 0.2) is 46.6 Å². The fraction of sp³-hybridized carbons (Fsp3) is 0.600. The Balaban J connectivity index is 1.99. The van der Waals surface area contributed by atoms with E-state index in [0.29, 0.717) is 16.7 Å². The number of hydrogen-bond donors (Lipinski definition) is 0. The predicted molar refractivity (Wildman–Crippen MR) is 87.5 cm³/mol. The monoisotopic (exact) mass is 268 g/mol. The Kier molecular flexibility index (Phi) is 3.12. The molecule has 0 saturated carbocycles. The molecule has 0 saturated heterocycles. The SMILES string of the molecule is CC(C)C1=CCC(C2(C)CCC(C)(C)C3=C2CC=C3)=C1. The summed E-state index contributed by atoms with van der Waals surface area (Å²) >= 11 is 0. The third-order valence-corrected chi connectivity index (χ3v) is 5.85. The Bertz CT molecular complexity index is 549. The second kappa shape index (κ2) is 4.48. The second-order valence-electron chi connectivity index (χ2n) is 7.95. The molecule has 1 atom stereocenters. The van der Waals surface area contributed by atoms with E-state index in [2.05, 4.69) is 58.9 Å². The molecule has 108 valence electrons. The first kappa shape index (κ1) is 13.9. The van der Waals surface area contributed by atoms with E-state index in [0.717, 1.165) is 0 Å². The number of allylic oxidation sites excluding steroid dienone is 8. The van der Waals surface area contributed by atoms with Gasteiger partial charge in [-0.05, 0) is 48.2 Å². The Morgan fingerprint density at radius 1 is 1.05 bits per heavy atom. The van der Waals surface area contributed by atoms with Crippen molar-refractivity contribution >= 4 is 0 Å². The van der Waals surface area contributed by atoms with Crippen LogP contribution in [0.3, 0.4) is 0 Å². The molecule has 0 heterocycles. The van der Waals surface area contributed by atoms with Gasteiger partial charge in [0.25, 0.3) is 0 Å². The highest BCUT2D eigenvalue weighted by molar-refractivity contribution is 5.50. The van der Waals surface area contributed by atoms with Crippen LogP contribution in [0.25, 0.3) is 0 Å². The number of hydrogen-bond acceptors (Lipinski definition) is 0. The smallest absolute Gasteiger partial charge is 0.0108 e. The number of rotatable bonds is 2. The van der Waals surface area contributed by atoms with Gasteiger partial charge in [-0.25, -0.2) is 0 Å². The molecule has 3 aliphatic rings. The largest absolute Gasteiger partial charge is 0.0801 e. The lowest BCUT2D eigenvalue weighted by atomic mass is 9.60. The summed E-state index contributed by atoms with van der Waals surface area (Å²) in [6.07, 6.45) is 14.7. The lowest BCUT2D eigenvalue weighted by Crippen LogP contribution is -2.32. The van der Waals surface area contributed by atoms with Crippen molar-refractivity contribution in [2.75, 3.05) is 0 Å². The van der Waals surface area contributed by atoms with E-state index in [1.54, 1.807) is 22.3 Å². The fourth-order valence-electron chi connectivity index (χ4n) is 4.20. The first-order chi connectivity index (χ1) is 9.34. The van der Waals surface area contributed by atoms with Crippen molar-refractivity contribution in [2.24, 2.45) is 16.7 Å². The van der Waals surface area contributed by atoms with Crippen LogP contribution in [0.5, 0.6) is 0 Å². The molecule has 0 aromatic rings. The van der Waals surface area contributed by atoms with Crippen LogP contribution >= 0.6 is 0 Å². The third-order valence-electron chi connectivity index (χ3n) is 5.85. The minimum atomic E-state index is 0.307. The van der Waals surface area contributed by atoms with Gasteiger partial charge in [0.15, 0.2) is 0 Å². The van der Waals surface area contributed by atoms with Crippen molar-refractivity contribution in [2.45, 2.75) is 60.3 Å². The van der Waals surface area contributed by atoms with Crippen molar-refractivity contribution in [3.05, 3.63) is 46.6 Å². The highest BCUT2D eigenvalue weighted by atomic mass is 14.5. The van der Waals surface area contributed by atoms with Crippen molar-refractivity contribution in [1.82, 2.24) is 0 Å². The van der Waals surface area contributed by atoms with E-state index < -0.39 is 0 Å². The zero-order valence-electron chi connectivity index (χ0n) is 13.7. The van der Waals surface area contributed by atoms with E-state index in [1.807, 2.05) is 0 Å². The molecule has 0 aliphatic heterocycles. The average molecular weight is 268 g/mol. The van der Waals surface area contributed by atoms with E-state index in [4.69, 9.17) is 0 Å². The molecule has 0 fully saturated rings. The highest BCUT2D eigenvalue weighted by Crippen LogP contribution is 2.57. The average Bonchev–Trinajstić information content (AvgIpc) is 3.03. The fourth-order valence-corrected chi connectivity index (χ4v) is 4.20. The molecule has 0 aromatic carbocycles. The van der Waals surface area contributed by atoms with Gasteiger partial charge in [0, 0.05) is 5.41 Å². The molecular weight excluding hydrogens is 240 g/mol. The van der Waals surface area contributed by atoms with Crippen LogP contribution in [0.4, 0.5) is 0 Å². The standard InChI is InChI=1S/C20H28/c1-14(2)15-9-10-16(13-15)20(5)12-11-19(3,4)17-7-6-8-18(17)20/h6-7,9,13-14H,8,10-12H2,1-5H3. The van der Waals surface area contributed by atoms with Gasteiger partial charge < -0.3 is 0 Å². The molecule has 0 aromatic heterocycles. The van der Waals surface area contributed by atoms with E-state index in [1.165, 1.54) is 25.7 Å². The van der Waals surface area contributed by atoms with E-state index in [-0.39, 0.29) is 0 Å². The molecule has 0 N–H and O–H groups in total. The van der Waals surface area contributed by atoms with Crippen LogP contribution < -0.4 is 0 Å². The quantitative estimate of drug-likeness (QED) is 0.577. The lowest BCUT2D eigenvalue weighted by molar-refractivity contribution is 0.279. The Hall–Kier alpha value is -1.04. The Morgan fingerprint density at radius 2 is 1.80 bits per heavy atom. The van der Waals surface area contributed by atoms with E-state index in [9.17, 15) is 0 Å². The summed E-state index contributed by atoms with van der Waals surface area (Å²) in [5.41, 5.74) is 7.21. The molecule has 3 rings (SSSR count). The lowest BCUT2D eigenvalue weighted by Gasteiger charge is -2.44. The molecule has 0 heteroatoms. The van der Waals surface area contributed by atoms with Crippen LogP contribution in [-0.4, -0.2) is 0 Å². The molecule has 0 spiro atoms. The summed E-state index contributed by atoms with van der Waals surface area (Å²) in [5.74, 6) is 0.659. The minimum absolute atomic E-state index is 0.307. The van der Waals surface area contributed by atoms with E-state index >= 15 is 0 Å². The van der Waals surface area contributed by atoms with Crippen LogP contribution in [0.1, 0.15) is 60.3 Å². The molecule has 0 nitrogen and oxygen atoms in total. The summed E-state index contributed by atoms with van der Waals surface area (Å²) in [6.45, 7) is 11.9. The van der Waals surface area contributed by atoms with Crippen molar-refractivity contribution in [1.29, 1.82) is 0 Å². The Labute approximate surface area is 124 Å². The summed E-state index contributed by atoms with van der Waals surface area (Å²) in [6, 6.07) is 0. The molecule has 1 unspecified atom stereocenters. The van der Waals surface area contributed by atoms with Gasteiger partial charge in [-0.2, -0.15) is 0 Å². The van der Waals surface area contributed by atoms with Gasteiger partial charge in [-0.1, -0.05) is 70.1 Å². The van der Waals surface area contributed by atoms with Crippen LogP contribution in [-0.2, 0) is 0 Å². The zero-order chi connectivity index (χ0) is 14.5. The van der Waals surface area contributed by atoms with Gasteiger partial charge in [0.05, 0.1) is 0 Å². The first-order valence-corrected chi connectivity index (χ1v) is 8.16. The van der Waals surface area contributed by atoms with Gasteiger partial charge in [-0.3, -0.25) is 0 Å². The molecule has 0 bridgehead atoms. The Morgan fingerprint density at radius 3 is 2.45 bits per heavy atom. The predicted octanol–water partition coefficient (Wildman–Crippen LogP) is 5.98. The highest BCUT2D eigenvalue weighted by Gasteiger charge is 2.43. The van der Waals surface area contributed by atoms with Gasteiger partial charge in [-0.15, -0.1) is 0 Å². The molecule has 0 amide bonds. The van der Waals surface area contributed by atoms with Crippen molar-refractivity contribution in [3.63, 3.8) is 0 Å². The molecular formula is C20H28. The van der Waals surface area contributed by atoms with Gasteiger partial charge in [0.1, 0.15) is 0 Å². The van der Waals surface area contributed by atoms with Crippen molar-refractivity contribution < 1.29 is 0 Å². The zero-order valence-corrected chi connectivity index (χ0v) is 13.7. The summed E-state index contributed by atoms with van der Waals surface area (Å²) < 4.78 is 0. The van der Waals surface area contributed by atoms with Gasteiger partial charge >= 0.3 is 0 Å². The maximum Gasteiger partial charge on any atom is 0.0108 e. The maximum atomic E-state index is 2.51. The molecule has 0 radical (unpaired) electrons. The van der Waals surface area contributed by atoms with Crippen LogP contribution in [0, 0.1) is 16.7 Å². The minimum Gasteiger partial charge on any atom is -0.0801 e. The maximum absolute atomic E-state index is 2.51. The topological polar surface area (TPSA) is 0 Å². The van der Waals surface area contributed by atoms with Gasteiger partial charge in [0.2, 0.25) is 0 Å².